The highest BCUT2D eigenvalue weighted by Gasteiger charge is 2.30. The van der Waals surface area contributed by atoms with Gasteiger partial charge >= 0.3 is 0 Å². The molecule has 0 radical (unpaired) electrons. The van der Waals surface area contributed by atoms with Crippen LogP contribution in [0.3, 0.4) is 0 Å². The summed E-state index contributed by atoms with van der Waals surface area (Å²) in [6.07, 6.45) is 0.459. The Morgan fingerprint density at radius 3 is 2.62 bits per heavy atom. The first-order valence-electron chi connectivity index (χ1n) is 12.6. The number of nitrogens with zero attached hydrogens (tertiary/aromatic N) is 2. The molecule has 0 unspecified atom stereocenters. The molecule has 4 aromatic rings. The lowest BCUT2D eigenvalue weighted by atomic mass is 10.1. The maximum absolute atomic E-state index is 14.0. The molecule has 3 aromatic carbocycles. The fourth-order valence-corrected chi connectivity index (χ4v) is 6.92. The SMILES string of the molecule is COCCCN(CC(=O)N(Cc1ccc2c(c1)OCO2)Cc1cccs1)S(=O)(=O)c1cccc2ccccc12. The second kappa shape index (κ2) is 12.2. The van der Waals surface area contributed by atoms with E-state index in [1.54, 1.807) is 41.5 Å². The smallest absolute Gasteiger partial charge is 0.244 e. The van der Waals surface area contributed by atoms with E-state index in [1.807, 2.05) is 60.0 Å². The Labute approximate surface area is 232 Å². The van der Waals surface area contributed by atoms with Crippen LogP contribution in [-0.4, -0.2) is 57.1 Å². The zero-order chi connectivity index (χ0) is 27.2. The predicted molar refractivity (Wildman–Crippen MR) is 150 cm³/mol. The fraction of sp³-hybridized carbons (Fsp3) is 0.276. The molecule has 5 rings (SSSR count). The van der Waals surface area contributed by atoms with E-state index < -0.39 is 10.0 Å². The lowest BCUT2D eigenvalue weighted by Gasteiger charge is -2.27. The number of carbonyl (C=O) groups excluding carboxylic acids is 1. The molecular weight excluding hydrogens is 536 g/mol. The van der Waals surface area contributed by atoms with Crippen molar-refractivity contribution in [3.05, 3.63) is 88.6 Å². The van der Waals surface area contributed by atoms with Crippen LogP contribution in [0.15, 0.2) is 83.1 Å². The molecule has 204 valence electrons. The largest absolute Gasteiger partial charge is 0.454 e. The van der Waals surface area contributed by atoms with Crippen LogP contribution in [-0.2, 0) is 32.6 Å². The molecule has 0 saturated heterocycles. The van der Waals surface area contributed by atoms with Crippen LogP contribution in [0.4, 0.5) is 0 Å². The van der Waals surface area contributed by atoms with E-state index in [0.29, 0.717) is 43.0 Å². The molecule has 1 aliphatic rings. The van der Waals surface area contributed by atoms with Gasteiger partial charge in [-0.2, -0.15) is 4.31 Å². The molecule has 0 N–H and O–H groups in total. The molecule has 1 amide bonds. The Bertz CT molecular complexity index is 1530. The number of carbonyl (C=O) groups is 1. The number of rotatable bonds is 12. The third-order valence-corrected chi connectivity index (χ3v) is 9.29. The van der Waals surface area contributed by atoms with E-state index in [1.165, 1.54) is 4.31 Å². The summed E-state index contributed by atoms with van der Waals surface area (Å²) in [5.74, 6) is 1.01. The lowest BCUT2D eigenvalue weighted by molar-refractivity contribution is -0.132. The van der Waals surface area contributed by atoms with Crippen molar-refractivity contribution in [3.8, 4) is 11.5 Å². The number of hydrogen-bond acceptors (Lipinski definition) is 7. The molecule has 0 atom stereocenters. The highest BCUT2D eigenvalue weighted by Crippen LogP contribution is 2.33. The number of hydrogen-bond donors (Lipinski definition) is 0. The van der Waals surface area contributed by atoms with Crippen molar-refractivity contribution in [1.29, 1.82) is 0 Å². The van der Waals surface area contributed by atoms with Crippen molar-refractivity contribution in [2.24, 2.45) is 0 Å². The van der Waals surface area contributed by atoms with E-state index in [-0.39, 0.29) is 30.7 Å². The molecule has 1 aliphatic heterocycles. The molecule has 0 aliphatic carbocycles. The van der Waals surface area contributed by atoms with Gasteiger partial charge in [-0.05, 0) is 47.0 Å². The van der Waals surface area contributed by atoms with Gasteiger partial charge in [0.05, 0.1) is 18.0 Å². The van der Waals surface area contributed by atoms with Crippen LogP contribution in [0, 0.1) is 0 Å². The van der Waals surface area contributed by atoms with Crippen molar-refractivity contribution >= 4 is 38.0 Å². The van der Waals surface area contributed by atoms with Gasteiger partial charge in [0.1, 0.15) is 0 Å². The van der Waals surface area contributed by atoms with Crippen LogP contribution in [0.5, 0.6) is 11.5 Å². The maximum Gasteiger partial charge on any atom is 0.244 e. The van der Waals surface area contributed by atoms with Gasteiger partial charge in [-0.1, -0.05) is 48.5 Å². The van der Waals surface area contributed by atoms with Gasteiger partial charge in [0, 0.05) is 37.1 Å². The number of methoxy groups -OCH3 is 1. The first kappa shape index (κ1) is 27.1. The monoisotopic (exact) mass is 566 g/mol. The summed E-state index contributed by atoms with van der Waals surface area (Å²) in [5, 5.41) is 3.41. The van der Waals surface area contributed by atoms with E-state index in [0.717, 1.165) is 15.8 Å². The van der Waals surface area contributed by atoms with Gasteiger partial charge in [0.2, 0.25) is 22.7 Å². The zero-order valence-corrected chi connectivity index (χ0v) is 23.2. The average Bonchev–Trinajstić information content (AvgIpc) is 3.63. The van der Waals surface area contributed by atoms with Gasteiger partial charge in [0.15, 0.2) is 11.5 Å². The third kappa shape index (κ3) is 6.25. The Kier molecular flexibility index (Phi) is 8.47. The van der Waals surface area contributed by atoms with Crippen LogP contribution in [0.2, 0.25) is 0 Å². The summed E-state index contributed by atoms with van der Waals surface area (Å²) in [5.41, 5.74) is 0.868. The maximum atomic E-state index is 14.0. The summed E-state index contributed by atoms with van der Waals surface area (Å²) in [7, 11) is -2.41. The molecule has 8 nitrogen and oxygen atoms in total. The Hall–Kier alpha value is -3.44. The highest BCUT2D eigenvalue weighted by atomic mass is 32.2. The molecule has 39 heavy (non-hydrogen) atoms. The second-order valence-electron chi connectivity index (χ2n) is 9.18. The summed E-state index contributed by atoms with van der Waals surface area (Å²) in [6, 6.07) is 22.0. The topological polar surface area (TPSA) is 85.4 Å². The van der Waals surface area contributed by atoms with E-state index in [9.17, 15) is 13.2 Å². The van der Waals surface area contributed by atoms with Crippen molar-refractivity contribution in [2.45, 2.75) is 24.4 Å². The average molecular weight is 567 g/mol. The summed E-state index contributed by atoms with van der Waals surface area (Å²) < 4.78 is 45.4. The Morgan fingerprint density at radius 2 is 1.79 bits per heavy atom. The van der Waals surface area contributed by atoms with Gasteiger partial charge in [-0.3, -0.25) is 4.79 Å². The minimum Gasteiger partial charge on any atom is -0.454 e. The minimum atomic E-state index is -3.98. The molecule has 1 aromatic heterocycles. The molecule has 0 saturated carbocycles. The molecule has 2 heterocycles. The van der Waals surface area contributed by atoms with Gasteiger partial charge in [-0.25, -0.2) is 8.42 Å². The summed E-state index contributed by atoms with van der Waals surface area (Å²) in [6.45, 7) is 1.08. The predicted octanol–water partition coefficient (Wildman–Crippen LogP) is 4.89. The number of fused-ring (bicyclic) bond motifs is 2. The first-order chi connectivity index (χ1) is 19.0. The normalized spacial score (nSPS) is 12.8. The van der Waals surface area contributed by atoms with E-state index in [2.05, 4.69) is 0 Å². The van der Waals surface area contributed by atoms with Crippen molar-refractivity contribution in [2.75, 3.05) is 33.6 Å². The standard InChI is InChI=1S/C29H30N2O6S2/c1-35-15-6-14-31(39(33,34)28-11-4-8-23-7-2-3-10-25(23)28)20-29(32)30(19-24-9-5-16-38-24)18-22-12-13-26-27(17-22)37-21-36-26/h2-5,7-13,16-17H,6,14-15,18-21H2,1H3. The Morgan fingerprint density at radius 1 is 0.974 bits per heavy atom. The lowest BCUT2D eigenvalue weighted by Crippen LogP contribution is -2.43. The van der Waals surface area contributed by atoms with Gasteiger partial charge < -0.3 is 19.1 Å². The highest BCUT2D eigenvalue weighted by molar-refractivity contribution is 7.89. The summed E-state index contributed by atoms with van der Waals surface area (Å²) >= 11 is 1.55. The first-order valence-corrected chi connectivity index (χ1v) is 14.9. The van der Waals surface area contributed by atoms with Crippen LogP contribution < -0.4 is 9.47 Å². The minimum absolute atomic E-state index is 0.155. The quantitative estimate of drug-likeness (QED) is 0.227. The molecule has 0 fully saturated rings. The van der Waals surface area contributed by atoms with E-state index in [4.69, 9.17) is 14.2 Å². The number of benzene rings is 3. The molecule has 10 heteroatoms. The third-order valence-electron chi connectivity index (χ3n) is 6.52. The molecule has 0 bridgehead atoms. The number of amides is 1. The summed E-state index contributed by atoms with van der Waals surface area (Å²) in [4.78, 5) is 16.7. The molecule has 0 spiro atoms. The van der Waals surface area contributed by atoms with Crippen LogP contribution in [0.25, 0.3) is 10.8 Å². The zero-order valence-electron chi connectivity index (χ0n) is 21.6. The number of sulfonamides is 1. The van der Waals surface area contributed by atoms with Crippen molar-refractivity contribution in [1.82, 2.24) is 9.21 Å². The fourth-order valence-electron chi connectivity index (χ4n) is 4.56. The second-order valence-corrected chi connectivity index (χ2v) is 12.1. The van der Waals surface area contributed by atoms with E-state index >= 15 is 0 Å². The van der Waals surface area contributed by atoms with Gasteiger partial charge in [0.25, 0.3) is 0 Å². The van der Waals surface area contributed by atoms with Crippen LogP contribution >= 0.6 is 11.3 Å². The van der Waals surface area contributed by atoms with Crippen LogP contribution in [0.1, 0.15) is 16.9 Å². The Balaban J connectivity index is 1.44. The number of ether oxygens (including phenoxy) is 3. The van der Waals surface area contributed by atoms with Crippen molar-refractivity contribution in [3.63, 3.8) is 0 Å². The number of thiophene rings is 1. The van der Waals surface area contributed by atoms with Crippen molar-refractivity contribution < 1.29 is 27.4 Å². The van der Waals surface area contributed by atoms with Gasteiger partial charge in [-0.15, -0.1) is 11.3 Å². The molecular formula is C29H30N2O6S2.